The van der Waals surface area contributed by atoms with Crippen molar-refractivity contribution in [2.75, 3.05) is 32.9 Å². The second-order valence-corrected chi connectivity index (χ2v) is 4.07. The predicted octanol–water partition coefficient (Wildman–Crippen LogP) is 0.916. The second-order valence-electron chi connectivity index (χ2n) is 4.07. The van der Waals surface area contributed by atoms with Crippen molar-refractivity contribution >= 4 is 0 Å². The molecule has 0 radical (unpaired) electrons. The van der Waals surface area contributed by atoms with Crippen molar-refractivity contribution < 1.29 is 14.9 Å². The van der Waals surface area contributed by atoms with E-state index in [1.165, 1.54) is 19.3 Å². The van der Waals surface area contributed by atoms with Crippen LogP contribution in [-0.4, -0.2) is 49.2 Å². The van der Waals surface area contributed by atoms with Gasteiger partial charge in [0.15, 0.2) is 0 Å². The van der Waals surface area contributed by atoms with Crippen LogP contribution in [0.3, 0.4) is 0 Å². The highest BCUT2D eigenvalue weighted by molar-refractivity contribution is 4.58. The van der Waals surface area contributed by atoms with E-state index < -0.39 is 6.10 Å². The summed E-state index contributed by atoms with van der Waals surface area (Å²) >= 11 is 0. The van der Waals surface area contributed by atoms with Crippen LogP contribution in [0.1, 0.15) is 39.0 Å². The van der Waals surface area contributed by atoms with Crippen molar-refractivity contribution in [3.05, 3.63) is 0 Å². The summed E-state index contributed by atoms with van der Waals surface area (Å²) in [5, 5.41) is 21.1. The zero-order chi connectivity index (χ0) is 12.1. The third-order valence-corrected chi connectivity index (χ3v) is 2.34. The molecule has 16 heavy (non-hydrogen) atoms. The number of aliphatic hydroxyl groups excluding tert-OH is 2. The van der Waals surface area contributed by atoms with E-state index in [1.54, 1.807) is 0 Å². The monoisotopic (exact) mass is 233 g/mol. The largest absolute Gasteiger partial charge is 0.396 e. The molecule has 0 aliphatic rings. The van der Waals surface area contributed by atoms with Gasteiger partial charge in [-0.25, -0.2) is 0 Å². The van der Waals surface area contributed by atoms with Gasteiger partial charge in [0.2, 0.25) is 0 Å². The SMILES string of the molecule is CCCCCCOCC(O)CNCCCO. The van der Waals surface area contributed by atoms with Gasteiger partial charge in [-0.1, -0.05) is 26.2 Å². The number of unbranched alkanes of at least 4 members (excludes halogenated alkanes) is 3. The molecule has 0 fully saturated rings. The van der Waals surface area contributed by atoms with Crippen LogP contribution in [0.5, 0.6) is 0 Å². The first kappa shape index (κ1) is 15.8. The quantitative estimate of drug-likeness (QED) is 0.439. The molecule has 0 saturated heterocycles. The van der Waals surface area contributed by atoms with E-state index in [2.05, 4.69) is 12.2 Å². The number of nitrogens with one attached hydrogen (secondary N) is 1. The third-order valence-electron chi connectivity index (χ3n) is 2.34. The molecule has 1 unspecified atom stereocenters. The molecular weight excluding hydrogens is 206 g/mol. The summed E-state index contributed by atoms with van der Waals surface area (Å²) in [7, 11) is 0. The summed E-state index contributed by atoms with van der Waals surface area (Å²) in [6.07, 6.45) is 5.07. The van der Waals surface area contributed by atoms with E-state index in [0.717, 1.165) is 26.0 Å². The van der Waals surface area contributed by atoms with Crippen molar-refractivity contribution in [2.45, 2.75) is 45.1 Å². The minimum atomic E-state index is -0.440. The van der Waals surface area contributed by atoms with Crippen LogP contribution in [0.25, 0.3) is 0 Å². The van der Waals surface area contributed by atoms with Gasteiger partial charge in [-0.15, -0.1) is 0 Å². The van der Waals surface area contributed by atoms with Gasteiger partial charge < -0.3 is 20.3 Å². The lowest BCUT2D eigenvalue weighted by molar-refractivity contribution is 0.0354. The van der Waals surface area contributed by atoms with Crippen molar-refractivity contribution in [1.29, 1.82) is 0 Å². The Morgan fingerprint density at radius 2 is 2.00 bits per heavy atom. The number of rotatable bonds is 12. The van der Waals surface area contributed by atoms with E-state index in [4.69, 9.17) is 9.84 Å². The lowest BCUT2D eigenvalue weighted by Crippen LogP contribution is -2.31. The maximum absolute atomic E-state index is 9.50. The fourth-order valence-electron chi connectivity index (χ4n) is 1.38. The fourth-order valence-corrected chi connectivity index (χ4v) is 1.38. The van der Waals surface area contributed by atoms with Crippen LogP contribution < -0.4 is 5.32 Å². The van der Waals surface area contributed by atoms with Gasteiger partial charge in [0.25, 0.3) is 0 Å². The van der Waals surface area contributed by atoms with Crippen molar-refractivity contribution in [1.82, 2.24) is 5.32 Å². The molecule has 0 saturated carbocycles. The van der Waals surface area contributed by atoms with Crippen LogP contribution in [0.4, 0.5) is 0 Å². The topological polar surface area (TPSA) is 61.7 Å². The molecule has 0 aliphatic heterocycles. The summed E-state index contributed by atoms with van der Waals surface area (Å²) in [4.78, 5) is 0. The van der Waals surface area contributed by atoms with Crippen molar-refractivity contribution in [3.8, 4) is 0 Å². The first-order chi connectivity index (χ1) is 7.81. The molecule has 0 aromatic heterocycles. The van der Waals surface area contributed by atoms with Crippen LogP contribution >= 0.6 is 0 Å². The third kappa shape index (κ3) is 11.9. The molecule has 0 heterocycles. The summed E-state index contributed by atoms with van der Waals surface area (Å²) in [6, 6.07) is 0. The molecule has 1 atom stereocenters. The number of hydrogen-bond acceptors (Lipinski definition) is 4. The van der Waals surface area contributed by atoms with Gasteiger partial charge in [0, 0.05) is 19.8 Å². The standard InChI is InChI=1S/C12H27NO3/c1-2-3-4-5-9-16-11-12(15)10-13-7-6-8-14/h12-15H,2-11H2,1H3. The van der Waals surface area contributed by atoms with E-state index in [1.807, 2.05) is 0 Å². The van der Waals surface area contributed by atoms with Gasteiger partial charge in [-0.2, -0.15) is 0 Å². The Labute approximate surface area is 99.0 Å². The Bertz CT molecular complexity index is 133. The lowest BCUT2D eigenvalue weighted by Gasteiger charge is -2.12. The highest BCUT2D eigenvalue weighted by Crippen LogP contribution is 1.99. The molecule has 4 heteroatoms. The smallest absolute Gasteiger partial charge is 0.0897 e. The molecular formula is C12H27NO3. The number of ether oxygens (including phenoxy) is 1. The average molecular weight is 233 g/mol. The minimum Gasteiger partial charge on any atom is -0.396 e. The van der Waals surface area contributed by atoms with Crippen LogP contribution in [0, 0.1) is 0 Å². The molecule has 0 rings (SSSR count). The lowest BCUT2D eigenvalue weighted by atomic mass is 10.2. The Balaban J connectivity index is 3.08. The molecule has 0 amide bonds. The Hall–Kier alpha value is -0.160. The molecule has 0 bridgehead atoms. The number of aliphatic hydroxyl groups is 2. The van der Waals surface area contributed by atoms with E-state index in [0.29, 0.717) is 13.2 Å². The van der Waals surface area contributed by atoms with Crippen LogP contribution in [0.2, 0.25) is 0 Å². The van der Waals surface area contributed by atoms with Crippen LogP contribution in [-0.2, 0) is 4.74 Å². The van der Waals surface area contributed by atoms with Crippen molar-refractivity contribution in [3.63, 3.8) is 0 Å². The zero-order valence-electron chi connectivity index (χ0n) is 10.5. The van der Waals surface area contributed by atoms with E-state index >= 15 is 0 Å². The molecule has 98 valence electrons. The summed E-state index contributed by atoms with van der Waals surface area (Å²) < 4.78 is 5.36. The van der Waals surface area contributed by atoms with Crippen molar-refractivity contribution in [2.24, 2.45) is 0 Å². The summed E-state index contributed by atoms with van der Waals surface area (Å²) in [5.41, 5.74) is 0. The maximum Gasteiger partial charge on any atom is 0.0897 e. The average Bonchev–Trinajstić information content (AvgIpc) is 2.29. The molecule has 0 aromatic rings. The second kappa shape index (κ2) is 12.9. The van der Waals surface area contributed by atoms with Crippen LogP contribution in [0.15, 0.2) is 0 Å². The molecule has 0 aromatic carbocycles. The fraction of sp³-hybridized carbons (Fsp3) is 1.00. The normalized spacial score (nSPS) is 12.9. The zero-order valence-corrected chi connectivity index (χ0v) is 10.5. The summed E-state index contributed by atoms with van der Waals surface area (Å²) in [5.74, 6) is 0. The van der Waals surface area contributed by atoms with Gasteiger partial charge in [-0.3, -0.25) is 0 Å². The highest BCUT2D eigenvalue weighted by Gasteiger charge is 2.02. The first-order valence-electron chi connectivity index (χ1n) is 6.38. The first-order valence-corrected chi connectivity index (χ1v) is 6.38. The maximum atomic E-state index is 9.50. The highest BCUT2D eigenvalue weighted by atomic mass is 16.5. The molecule has 3 N–H and O–H groups in total. The summed E-state index contributed by atoms with van der Waals surface area (Å²) in [6.45, 7) is 4.80. The predicted molar refractivity (Wildman–Crippen MR) is 65.5 cm³/mol. The number of hydrogen-bond donors (Lipinski definition) is 3. The van der Waals surface area contributed by atoms with Gasteiger partial charge in [0.05, 0.1) is 12.7 Å². The van der Waals surface area contributed by atoms with Gasteiger partial charge >= 0.3 is 0 Å². The molecule has 4 nitrogen and oxygen atoms in total. The van der Waals surface area contributed by atoms with E-state index in [-0.39, 0.29) is 6.61 Å². The van der Waals surface area contributed by atoms with Gasteiger partial charge in [-0.05, 0) is 19.4 Å². The minimum absolute atomic E-state index is 0.191. The Kier molecular flexibility index (Phi) is 12.8. The Morgan fingerprint density at radius 1 is 1.19 bits per heavy atom. The molecule has 0 aliphatic carbocycles. The Morgan fingerprint density at radius 3 is 2.69 bits per heavy atom. The molecule has 0 spiro atoms. The van der Waals surface area contributed by atoms with Gasteiger partial charge in [0.1, 0.15) is 0 Å². The van der Waals surface area contributed by atoms with E-state index in [9.17, 15) is 5.11 Å².